The second-order valence-electron chi connectivity index (χ2n) is 4.87. The van der Waals surface area contributed by atoms with Crippen LogP contribution in [0.4, 0.5) is 0 Å². The standard InChI is InChI=1S/C15H16O7/c16-8-2-3-9(11(18)6-8)14(21)15(22)13(20)7-1-4-10(17)12(19)5-7/h1-6,13-22H/t13-,14+,15-/m0/s1. The summed E-state index contributed by atoms with van der Waals surface area (Å²) in [4.78, 5) is 0. The zero-order valence-electron chi connectivity index (χ0n) is 11.3. The van der Waals surface area contributed by atoms with Gasteiger partial charge in [0.15, 0.2) is 11.5 Å². The molecule has 118 valence electrons. The number of aromatic hydroxyl groups is 4. The largest absolute Gasteiger partial charge is 0.508 e. The van der Waals surface area contributed by atoms with Gasteiger partial charge < -0.3 is 35.7 Å². The van der Waals surface area contributed by atoms with E-state index in [9.17, 15) is 35.7 Å². The predicted octanol–water partition coefficient (Wildman–Crippen LogP) is 0.637. The SMILES string of the molecule is Oc1ccc([C@@H](O)[C@@H](O)[C@@H](O)c2ccc(O)c(O)c2)c(O)c1. The molecule has 0 spiro atoms. The first-order chi connectivity index (χ1) is 10.3. The van der Waals surface area contributed by atoms with Crippen LogP contribution in [-0.2, 0) is 0 Å². The Morgan fingerprint density at radius 1 is 0.636 bits per heavy atom. The average molecular weight is 308 g/mol. The van der Waals surface area contributed by atoms with Crippen molar-refractivity contribution in [3.05, 3.63) is 47.5 Å². The Hall–Kier alpha value is -2.48. The van der Waals surface area contributed by atoms with E-state index in [1.807, 2.05) is 0 Å². The van der Waals surface area contributed by atoms with Crippen LogP contribution in [0, 0.1) is 0 Å². The van der Waals surface area contributed by atoms with Crippen molar-refractivity contribution in [3.63, 3.8) is 0 Å². The summed E-state index contributed by atoms with van der Waals surface area (Å²) in [6, 6.07) is 6.86. The van der Waals surface area contributed by atoms with Gasteiger partial charge in [0.1, 0.15) is 29.8 Å². The zero-order valence-corrected chi connectivity index (χ0v) is 11.3. The summed E-state index contributed by atoms with van der Waals surface area (Å²) >= 11 is 0. The van der Waals surface area contributed by atoms with Gasteiger partial charge in [-0.2, -0.15) is 0 Å². The topological polar surface area (TPSA) is 142 Å². The summed E-state index contributed by atoms with van der Waals surface area (Å²) < 4.78 is 0. The molecular formula is C15H16O7. The van der Waals surface area contributed by atoms with Crippen molar-refractivity contribution in [2.75, 3.05) is 0 Å². The minimum absolute atomic E-state index is 0.0696. The highest BCUT2D eigenvalue weighted by atomic mass is 16.4. The molecule has 0 aliphatic heterocycles. The number of rotatable bonds is 4. The molecule has 3 atom stereocenters. The van der Waals surface area contributed by atoms with Gasteiger partial charge in [-0.1, -0.05) is 6.07 Å². The Morgan fingerprint density at radius 2 is 1.32 bits per heavy atom. The molecule has 0 saturated carbocycles. The zero-order chi connectivity index (χ0) is 16.4. The molecule has 0 fully saturated rings. The normalized spacial score (nSPS) is 15.2. The third-order valence-corrected chi connectivity index (χ3v) is 3.32. The highest BCUT2D eigenvalue weighted by Gasteiger charge is 2.29. The van der Waals surface area contributed by atoms with Crippen molar-refractivity contribution >= 4 is 0 Å². The Bertz CT molecular complexity index is 671. The van der Waals surface area contributed by atoms with Gasteiger partial charge in [0, 0.05) is 11.6 Å². The van der Waals surface area contributed by atoms with E-state index in [1.54, 1.807) is 0 Å². The molecule has 0 unspecified atom stereocenters. The molecule has 0 bridgehead atoms. The summed E-state index contributed by atoms with van der Waals surface area (Å²) in [5.41, 5.74) is -0.00697. The lowest BCUT2D eigenvalue weighted by Gasteiger charge is -2.24. The van der Waals surface area contributed by atoms with E-state index in [0.29, 0.717) is 0 Å². The van der Waals surface area contributed by atoms with Crippen molar-refractivity contribution in [1.29, 1.82) is 0 Å². The summed E-state index contributed by atoms with van der Waals surface area (Å²) in [5.74, 6) is -1.52. The van der Waals surface area contributed by atoms with Gasteiger partial charge in [0.05, 0.1) is 0 Å². The van der Waals surface area contributed by atoms with Crippen LogP contribution >= 0.6 is 0 Å². The highest BCUT2D eigenvalue weighted by Crippen LogP contribution is 2.35. The number of aliphatic hydroxyl groups is 3. The molecule has 7 nitrogen and oxygen atoms in total. The van der Waals surface area contributed by atoms with Crippen LogP contribution in [0.2, 0.25) is 0 Å². The van der Waals surface area contributed by atoms with Crippen molar-refractivity contribution in [2.45, 2.75) is 18.3 Å². The van der Waals surface area contributed by atoms with Crippen LogP contribution in [0.15, 0.2) is 36.4 Å². The van der Waals surface area contributed by atoms with E-state index in [2.05, 4.69) is 0 Å². The van der Waals surface area contributed by atoms with Crippen LogP contribution in [0.25, 0.3) is 0 Å². The fraction of sp³-hybridized carbons (Fsp3) is 0.200. The molecule has 7 N–H and O–H groups in total. The smallest absolute Gasteiger partial charge is 0.157 e. The van der Waals surface area contributed by atoms with E-state index < -0.39 is 29.8 Å². The molecular weight excluding hydrogens is 292 g/mol. The van der Waals surface area contributed by atoms with Gasteiger partial charge in [-0.15, -0.1) is 0 Å². The average Bonchev–Trinajstić information content (AvgIpc) is 2.48. The number of hydrogen-bond acceptors (Lipinski definition) is 7. The predicted molar refractivity (Wildman–Crippen MR) is 75.5 cm³/mol. The Morgan fingerprint density at radius 3 is 1.91 bits per heavy atom. The van der Waals surface area contributed by atoms with Crippen LogP contribution in [0.1, 0.15) is 23.3 Å². The van der Waals surface area contributed by atoms with Gasteiger partial charge in [0.25, 0.3) is 0 Å². The maximum Gasteiger partial charge on any atom is 0.157 e. The van der Waals surface area contributed by atoms with E-state index in [1.165, 1.54) is 18.2 Å². The third kappa shape index (κ3) is 3.06. The minimum Gasteiger partial charge on any atom is -0.508 e. The lowest BCUT2D eigenvalue weighted by Crippen LogP contribution is -2.26. The van der Waals surface area contributed by atoms with Crippen molar-refractivity contribution in [3.8, 4) is 23.0 Å². The molecule has 0 aliphatic carbocycles. The fourth-order valence-electron chi connectivity index (χ4n) is 2.06. The van der Waals surface area contributed by atoms with Crippen molar-refractivity contribution < 1.29 is 35.7 Å². The molecule has 2 aromatic rings. The Balaban J connectivity index is 2.25. The third-order valence-electron chi connectivity index (χ3n) is 3.32. The lowest BCUT2D eigenvalue weighted by molar-refractivity contribution is -0.0629. The van der Waals surface area contributed by atoms with Gasteiger partial charge in [-0.3, -0.25) is 0 Å². The van der Waals surface area contributed by atoms with Gasteiger partial charge >= 0.3 is 0 Å². The van der Waals surface area contributed by atoms with Crippen LogP contribution < -0.4 is 0 Å². The summed E-state index contributed by atoms with van der Waals surface area (Å²) in [6.07, 6.45) is -4.92. The Labute approximate surface area is 125 Å². The molecule has 0 aliphatic rings. The molecule has 0 heterocycles. The van der Waals surface area contributed by atoms with Gasteiger partial charge in [-0.25, -0.2) is 0 Å². The van der Waals surface area contributed by atoms with E-state index in [4.69, 9.17) is 0 Å². The molecule has 2 rings (SSSR count). The van der Waals surface area contributed by atoms with Crippen LogP contribution in [0.5, 0.6) is 23.0 Å². The number of aliphatic hydroxyl groups excluding tert-OH is 3. The van der Waals surface area contributed by atoms with E-state index in [0.717, 1.165) is 18.2 Å². The molecule has 0 amide bonds. The second kappa shape index (κ2) is 6.10. The number of hydrogen-bond donors (Lipinski definition) is 7. The van der Waals surface area contributed by atoms with Crippen LogP contribution in [0.3, 0.4) is 0 Å². The molecule has 2 aromatic carbocycles. The monoisotopic (exact) mass is 308 g/mol. The van der Waals surface area contributed by atoms with Crippen molar-refractivity contribution in [2.24, 2.45) is 0 Å². The summed E-state index contributed by atoms with van der Waals surface area (Å²) in [7, 11) is 0. The van der Waals surface area contributed by atoms with E-state index >= 15 is 0 Å². The molecule has 0 saturated heterocycles. The number of benzene rings is 2. The number of phenolic OH excluding ortho intramolecular Hbond substituents is 4. The maximum absolute atomic E-state index is 10.1. The first kappa shape index (κ1) is 15.9. The first-order valence-electron chi connectivity index (χ1n) is 6.39. The maximum atomic E-state index is 10.1. The molecule has 22 heavy (non-hydrogen) atoms. The summed E-state index contributed by atoms with van der Waals surface area (Å²) in [6.45, 7) is 0. The molecule has 0 radical (unpaired) electrons. The molecule has 0 aromatic heterocycles. The van der Waals surface area contributed by atoms with E-state index in [-0.39, 0.29) is 22.6 Å². The van der Waals surface area contributed by atoms with Gasteiger partial charge in [0.2, 0.25) is 0 Å². The molecule has 7 heteroatoms. The van der Waals surface area contributed by atoms with Crippen LogP contribution in [-0.4, -0.2) is 41.8 Å². The Kier molecular flexibility index (Phi) is 4.41. The minimum atomic E-state index is -1.71. The first-order valence-corrected chi connectivity index (χ1v) is 6.39. The van der Waals surface area contributed by atoms with Gasteiger partial charge in [-0.05, 0) is 29.8 Å². The quantitative estimate of drug-likeness (QED) is 0.411. The van der Waals surface area contributed by atoms with Crippen molar-refractivity contribution in [1.82, 2.24) is 0 Å². The highest BCUT2D eigenvalue weighted by molar-refractivity contribution is 5.43. The number of phenols is 4. The summed E-state index contributed by atoms with van der Waals surface area (Å²) in [5, 5.41) is 67.6. The fourth-order valence-corrected chi connectivity index (χ4v) is 2.06. The second-order valence-corrected chi connectivity index (χ2v) is 4.87. The lowest BCUT2D eigenvalue weighted by atomic mass is 9.95.